The standard InChI is InChI=1S/C23H24N2O6/c26-13-7-6-12-18(23(30)31)24-20(27)19(14-15-8-2-1-3-9-15)25-21(28)16-10-4-5-11-17(16)22(25)29/h1-5,8-11,18-19,26H,6-7,12-14H2,(H,24,27)(H,30,31)/t18-,19?/m0/s1. The van der Waals surface area contributed by atoms with E-state index in [1.165, 1.54) is 12.1 Å². The number of aliphatic carboxylic acids is 1. The van der Waals surface area contributed by atoms with Crippen LogP contribution in [0, 0.1) is 0 Å². The SMILES string of the molecule is O=C(N[C@@H](CCCCO)C(=O)O)C(Cc1ccccc1)N1C(=O)c2ccccc2C1=O. The number of hydrogen-bond donors (Lipinski definition) is 3. The second kappa shape index (κ2) is 9.99. The number of unbranched alkanes of at least 4 members (excludes halogenated alkanes) is 1. The number of benzene rings is 2. The molecule has 3 rings (SSSR count). The summed E-state index contributed by atoms with van der Waals surface area (Å²) in [4.78, 5) is 51.6. The van der Waals surface area contributed by atoms with E-state index in [0.717, 1.165) is 10.5 Å². The fourth-order valence-electron chi connectivity index (χ4n) is 3.62. The van der Waals surface area contributed by atoms with Crippen molar-refractivity contribution in [2.24, 2.45) is 0 Å². The van der Waals surface area contributed by atoms with E-state index in [1.54, 1.807) is 36.4 Å². The first-order valence-electron chi connectivity index (χ1n) is 10.1. The second-order valence-corrected chi connectivity index (χ2v) is 7.35. The van der Waals surface area contributed by atoms with Crippen LogP contribution in [0.2, 0.25) is 0 Å². The van der Waals surface area contributed by atoms with Gasteiger partial charge < -0.3 is 15.5 Å². The Morgan fingerprint density at radius 3 is 2.03 bits per heavy atom. The Kier molecular flexibility index (Phi) is 7.15. The monoisotopic (exact) mass is 424 g/mol. The first-order chi connectivity index (χ1) is 14.9. The van der Waals surface area contributed by atoms with E-state index in [4.69, 9.17) is 5.11 Å². The van der Waals surface area contributed by atoms with Crippen LogP contribution in [0.15, 0.2) is 54.6 Å². The van der Waals surface area contributed by atoms with Crippen LogP contribution in [0.5, 0.6) is 0 Å². The number of carboxylic acid groups (broad SMARTS) is 1. The predicted molar refractivity (Wildman–Crippen MR) is 111 cm³/mol. The average Bonchev–Trinajstić information content (AvgIpc) is 3.02. The van der Waals surface area contributed by atoms with Crippen LogP contribution in [-0.2, 0) is 16.0 Å². The van der Waals surface area contributed by atoms with Gasteiger partial charge in [0.05, 0.1) is 11.1 Å². The summed E-state index contributed by atoms with van der Waals surface area (Å²) in [5.74, 6) is -3.09. The van der Waals surface area contributed by atoms with Crippen molar-refractivity contribution in [1.82, 2.24) is 10.2 Å². The lowest BCUT2D eigenvalue weighted by Crippen LogP contribution is -2.54. The Labute approximate surface area is 179 Å². The molecule has 0 aromatic heterocycles. The Hall–Kier alpha value is -3.52. The van der Waals surface area contributed by atoms with E-state index in [-0.39, 0.29) is 30.6 Å². The number of nitrogens with zero attached hydrogens (tertiary/aromatic N) is 1. The molecule has 0 bridgehead atoms. The van der Waals surface area contributed by atoms with Crippen molar-refractivity contribution in [2.45, 2.75) is 37.8 Å². The van der Waals surface area contributed by atoms with Gasteiger partial charge in [-0.25, -0.2) is 4.79 Å². The molecule has 3 N–H and O–H groups in total. The number of amides is 3. The number of aliphatic hydroxyl groups excluding tert-OH is 1. The van der Waals surface area contributed by atoms with E-state index in [0.29, 0.717) is 12.8 Å². The number of imide groups is 1. The van der Waals surface area contributed by atoms with E-state index in [9.17, 15) is 24.3 Å². The molecule has 3 amide bonds. The van der Waals surface area contributed by atoms with Gasteiger partial charge in [0, 0.05) is 13.0 Å². The Balaban J connectivity index is 1.88. The molecule has 0 aliphatic carbocycles. The molecule has 0 fully saturated rings. The summed E-state index contributed by atoms with van der Waals surface area (Å²) in [6.45, 7) is -0.0774. The van der Waals surface area contributed by atoms with E-state index < -0.39 is 35.8 Å². The van der Waals surface area contributed by atoms with Crippen LogP contribution in [0.1, 0.15) is 45.5 Å². The summed E-state index contributed by atoms with van der Waals surface area (Å²) < 4.78 is 0. The van der Waals surface area contributed by atoms with Crippen LogP contribution in [0.3, 0.4) is 0 Å². The third-order valence-corrected chi connectivity index (χ3v) is 5.23. The van der Waals surface area contributed by atoms with Gasteiger partial charge in [0.1, 0.15) is 12.1 Å². The van der Waals surface area contributed by atoms with Crippen molar-refractivity contribution in [3.8, 4) is 0 Å². The van der Waals surface area contributed by atoms with Crippen LogP contribution < -0.4 is 5.32 Å². The van der Waals surface area contributed by atoms with Crippen LogP contribution in [0.4, 0.5) is 0 Å². The largest absolute Gasteiger partial charge is 0.480 e. The highest BCUT2D eigenvalue weighted by atomic mass is 16.4. The molecule has 0 spiro atoms. The van der Waals surface area contributed by atoms with Gasteiger partial charge in [0.15, 0.2) is 0 Å². The molecule has 2 atom stereocenters. The molecule has 8 nitrogen and oxygen atoms in total. The Morgan fingerprint density at radius 2 is 1.48 bits per heavy atom. The van der Waals surface area contributed by atoms with Crippen molar-refractivity contribution in [3.63, 3.8) is 0 Å². The zero-order valence-electron chi connectivity index (χ0n) is 16.9. The molecule has 0 radical (unpaired) electrons. The second-order valence-electron chi connectivity index (χ2n) is 7.35. The molecule has 162 valence electrons. The number of carboxylic acids is 1. The maximum atomic E-state index is 13.2. The number of hydrogen-bond acceptors (Lipinski definition) is 5. The number of rotatable bonds is 10. The minimum absolute atomic E-state index is 0.0567. The van der Waals surface area contributed by atoms with Crippen LogP contribution >= 0.6 is 0 Å². The van der Waals surface area contributed by atoms with Crippen molar-refractivity contribution < 1.29 is 29.4 Å². The summed E-state index contributed by atoms with van der Waals surface area (Å²) in [7, 11) is 0. The summed E-state index contributed by atoms with van der Waals surface area (Å²) >= 11 is 0. The highest BCUT2D eigenvalue weighted by Gasteiger charge is 2.43. The first-order valence-corrected chi connectivity index (χ1v) is 10.1. The normalized spacial score (nSPS) is 14.8. The summed E-state index contributed by atoms with van der Waals surface area (Å²) in [5.41, 5.74) is 1.17. The van der Waals surface area contributed by atoms with Crippen molar-refractivity contribution >= 4 is 23.7 Å². The van der Waals surface area contributed by atoms with Crippen molar-refractivity contribution in [3.05, 3.63) is 71.3 Å². The molecular formula is C23H24N2O6. The molecule has 2 aromatic rings. The van der Waals surface area contributed by atoms with Crippen molar-refractivity contribution in [2.75, 3.05) is 6.61 Å². The average molecular weight is 424 g/mol. The zero-order chi connectivity index (χ0) is 22.4. The lowest BCUT2D eigenvalue weighted by atomic mass is 10.0. The molecule has 1 heterocycles. The van der Waals surface area contributed by atoms with Gasteiger partial charge in [-0.15, -0.1) is 0 Å². The molecular weight excluding hydrogens is 400 g/mol. The molecule has 31 heavy (non-hydrogen) atoms. The highest BCUT2D eigenvalue weighted by molar-refractivity contribution is 6.22. The predicted octanol–water partition coefficient (Wildman–Crippen LogP) is 1.63. The maximum Gasteiger partial charge on any atom is 0.326 e. The van der Waals surface area contributed by atoms with Gasteiger partial charge in [-0.3, -0.25) is 19.3 Å². The Morgan fingerprint density at radius 1 is 0.903 bits per heavy atom. The molecule has 0 saturated carbocycles. The maximum absolute atomic E-state index is 13.2. The third kappa shape index (κ3) is 4.97. The number of fused-ring (bicyclic) bond motifs is 1. The summed E-state index contributed by atoms with van der Waals surface area (Å²) in [6, 6.07) is 12.9. The molecule has 1 aliphatic heterocycles. The molecule has 1 unspecified atom stereocenters. The zero-order valence-corrected chi connectivity index (χ0v) is 16.9. The fraction of sp³-hybridized carbons (Fsp3) is 0.304. The van der Waals surface area contributed by atoms with Gasteiger partial charge in [-0.05, 0) is 37.0 Å². The minimum atomic E-state index is -1.22. The number of nitrogens with one attached hydrogen (secondary N) is 1. The lowest BCUT2D eigenvalue weighted by molar-refractivity contribution is -0.142. The van der Waals surface area contributed by atoms with Gasteiger partial charge in [-0.1, -0.05) is 42.5 Å². The van der Waals surface area contributed by atoms with E-state index >= 15 is 0 Å². The van der Waals surface area contributed by atoms with Gasteiger partial charge in [-0.2, -0.15) is 0 Å². The molecule has 0 saturated heterocycles. The summed E-state index contributed by atoms with van der Waals surface area (Å²) in [5, 5.41) is 20.9. The van der Waals surface area contributed by atoms with Crippen molar-refractivity contribution in [1.29, 1.82) is 0 Å². The van der Waals surface area contributed by atoms with Crippen LogP contribution in [0.25, 0.3) is 0 Å². The van der Waals surface area contributed by atoms with E-state index in [2.05, 4.69) is 5.32 Å². The Bertz CT molecular complexity index is 940. The minimum Gasteiger partial charge on any atom is -0.480 e. The molecule has 1 aliphatic rings. The first kappa shape index (κ1) is 22.2. The summed E-state index contributed by atoms with van der Waals surface area (Å²) in [6.07, 6.45) is 0.999. The molecule has 8 heteroatoms. The lowest BCUT2D eigenvalue weighted by Gasteiger charge is -2.27. The van der Waals surface area contributed by atoms with Gasteiger partial charge in [0.25, 0.3) is 11.8 Å². The van der Waals surface area contributed by atoms with E-state index in [1.807, 2.05) is 6.07 Å². The number of carbonyl (C=O) groups excluding carboxylic acids is 3. The smallest absolute Gasteiger partial charge is 0.326 e. The van der Waals surface area contributed by atoms with Gasteiger partial charge >= 0.3 is 5.97 Å². The number of carbonyl (C=O) groups is 4. The third-order valence-electron chi connectivity index (χ3n) is 5.23. The molecule has 2 aromatic carbocycles. The highest BCUT2D eigenvalue weighted by Crippen LogP contribution is 2.26. The van der Waals surface area contributed by atoms with Gasteiger partial charge in [0.2, 0.25) is 5.91 Å². The quantitative estimate of drug-likeness (QED) is 0.393. The topological polar surface area (TPSA) is 124 Å². The fourth-order valence-corrected chi connectivity index (χ4v) is 3.62. The number of aliphatic hydroxyl groups is 1. The van der Waals surface area contributed by atoms with Crippen LogP contribution in [-0.4, -0.2) is 57.5 Å².